The lowest BCUT2D eigenvalue weighted by atomic mass is 10.5. The lowest BCUT2D eigenvalue weighted by Gasteiger charge is -2.25. The minimum absolute atomic E-state index is 0.00676. The van der Waals surface area contributed by atoms with Crippen LogP contribution >= 0.6 is 0 Å². The van der Waals surface area contributed by atoms with E-state index in [1.165, 1.54) is 0 Å². The van der Waals surface area contributed by atoms with Crippen molar-refractivity contribution in [2.75, 3.05) is 20.6 Å². The molecule has 0 bridgehead atoms. The quantitative estimate of drug-likeness (QED) is 0.593. The molecular weight excluding hydrogens is 166 g/mol. The highest BCUT2D eigenvalue weighted by Crippen LogP contribution is 1.99. The minimum Gasteiger partial charge on any atom is -0.359 e. The first-order chi connectivity index (χ1) is 6.17. The van der Waals surface area contributed by atoms with Gasteiger partial charge in [0.2, 0.25) is 5.96 Å². The maximum atomic E-state index is 4.36. The lowest BCUT2D eigenvalue weighted by molar-refractivity contribution is 0.508. The number of nitrogens with zero attached hydrogens (tertiary/aromatic N) is 3. The van der Waals surface area contributed by atoms with E-state index < -0.39 is 0 Å². The second-order valence-corrected chi connectivity index (χ2v) is 2.95. The van der Waals surface area contributed by atoms with E-state index in [9.17, 15) is 0 Å². The van der Waals surface area contributed by atoms with Crippen LogP contribution in [0.15, 0.2) is 9.98 Å². The van der Waals surface area contributed by atoms with Crippen molar-refractivity contribution in [1.82, 2.24) is 15.5 Å². The summed E-state index contributed by atoms with van der Waals surface area (Å²) in [6.45, 7) is 4.97. The summed E-state index contributed by atoms with van der Waals surface area (Å²) in [4.78, 5) is 10.6. The van der Waals surface area contributed by atoms with E-state index in [1.54, 1.807) is 0 Å². The number of aliphatic imine (C=N–C) groups is 2. The Hall–Kier alpha value is -1.26. The van der Waals surface area contributed by atoms with Crippen molar-refractivity contribution in [1.29, 1.82) is 0 Å². The lowest BCUT2D eigenvalue weighted by Crippen LogP contribution is -2.49. The maximum absolute atomic E-state index is 4.36. The van der Waals surface area contributed by atoms with Crippen LogP contribution in [-0.2, 0) is 0 Å². The van der Waals surface area contributed by atoms with Gasteiger partial charge in [0.25, 0.3) is 0 Å². The van der Waals surface area contributed by atoms with Gasteiger partial charge in [-0.05, 0) is 13.8 Å². The summed E-state index contributed by atoms with van der Waals surface area (Å²) in [6, 6.07) is 0. The summed E-state index contributed by atoms with van der Waals surface area (Å²) in [5.74, 6) is 1.65. The van der Waals surface area contributed by atoms with E-state index in [0.717, 1.165) is 18.5 Å². The van der Waals surface area contributed by atoms with Crippen molar-refractivity contribution in [2.24, 2.45) is 9.98 Å². The molecule has 1 rings (SSSR count). The summed E-state index contributed by atoms with van der Waals surface area (Å²) < 4.78 is 0. The number of nitrogens with one attached hydrogen (secondary N) is 2. The van der Waals surface area contributed by atoms with Crippen LogP contribution in [0.1, 0.15) is 13.8 Å². The second-order valence-electron chi connectivity index (χ2n) is 2.95. The van der Waals surface area contributed by atoms with Crippen molar-refractivity contribution in [3.63, 3.8) is 0 Å². The molecule has 1 unspecified atom stereocenters. The Morgan fingerprint density at radius 3 is 2.77 bits per heavy atom. The van der Waals surface area contributed by atoms with Crippen LogP contribution in [0.25, 0.3) is 0 Å². The molecule has 2 N–H and O–H groups in total. The summed E-state index contributed by atoms with van der Waals surface area (Å²) >= 11 is 0. The van der Waals surface area contributed by atoms with Crippen LogP contribution in [0.5, 0.6) is 0 Å². The molecule has 0 amide bonds. The van der Waals surface area contributed by atoms with E-state index in [4.69, 9.17) is 0 Å². The van der Waals surface area contributed by atoms with Gasteiger partial charge < -0.3 is 10.2 Å². The normalized spacial score (nSPS) is 21.4. The molecule has 0 saturated heterocycles. The van der Waals surface area contributed by atoms with Gasteiger partial charge in [0.1, 0.15) is 6.17 Å². The predicted octanol–water partition coefficient (Wildman–Crippen LogP) is -0.181. The largest absolute Gasteiger partial charge is 0.359 e. The summed E-state index contributed by atoms with van der Waals surface area (Å²) in [5.41, 5.74) is 0. The third kappa shape index (κ3) is 2.34. The summed E-state index contributed by atoms with van der Waals surface area (Å²) in [6.07, 6.45) is -0.00676. The highest BCUT2D eigenvalue weighted by Gasteiger charge is 2.13. The van der Waals surface area contributed by atoms with Gasteiger partial charge in [-0.1, -0.05) is 0 Å². The Balaban J connectivity index is 2.69. The number of hydrogen-bond donors (Lipinski definition) is 2. The zero-order valence-electron chi connectivity index (χ0n) is 8.63. The van der Waals surface area contributed by atoms with Gasteiger partial charge >= 0.3 is 0 Å². The molecule has 1 aliphatic rings. The highest BCUT2D eigenvalue weighted by atomic mass is 15.4. The zero-order chi connectivity index (χ0) is 9.84. The molecule has 0 aromatic rings. The fourth-order valence-electron chi connectivity index (χ4n) is 1.03. The van der Waals surface area contributed by atoms with E-state index in [2.05, 4.69) is 27.5 Å². The first-order valence-corrected chi connectivity index (χ1v) is 4.49. The zero-order valence-corrected chi connectivity index (χ0v) is 8.63. The van der Waals surface area contributed by atoms with Crippen LogP contribution in [0.3, 0.4) is 0 Å². The van der Waals surface area contributed by atoms with Crippen molar-refractivity contribution in [3.05, 3.63) is 0 Å². The second kappa shape index (κ2) is 4.11. The molecule has 13 heavy (non-hydrogen) atoms. The maximum Gasteiger partial charge on any atom is 0.202 e. The van der Waals surface area contributed by atoms with Crippen LogP contribution in [-0.4, -0.2) is 43.6 Å². The Morgan fingerprint density at radius 1 is 1.54 bits per heavy atom. The molecule has 74 valence electrons. The first-order valence-electron chi connectivity index (χ1n) is 4.49. The predicted molar refractivity (Wildman–Crippen MR) is 54.8 cm³/mol. The van der Waals surface area contributed by atoms with Gasteiger partial charge in [0.05, 0.1) is 0 Å². The van der Waals surface area contributed by atoms with Crippen molar-refractivity contribution < 1.29 is 0 Å². The van der Waals surface area contributed by atoms with Gasteiger partial charge in [-0.3, -0.25) is 5.32 Å². The standard InChI is InChI=1S/C8H17N5/c1-5-13(4)8-11-6(2)10-7(9-3)12-8/h6H,5H2,1-4H3,(H2,9,10,11,12). The smallest absolute Gasteiger partial charge is 0.202 e. The van der Waals surface area contributed by atoms with Crippen molar-refractivity contribution in [2.45, 2.75) is 20.0 Å². The van der Waals surface area contributed by atoms with Crippen molar-refractivity contribution >= 4 is 11.9 Å². The number of hydrogen-bond acceptors (Lipinski definition) is 5. The van der Waals surface area contributed by atoms with Gasteiger partial charge in [0, 0.05) is 20.6 Å². The molecule has 5 nitrogen and oxygen atoms in total. The molecule has 0 aliphatic carbocycles. The molecule has 0 fully saturated rings. The van der Waals surface area contributed by atoms with Gasteiger partial charge in [-0.2, -0.15) is 0 Å². The third-order valence-electron chi connectivity index (χ3n) is 1.93. The molecule has 0 saturated carbocycles. The molecule has 0 aromatic heterocycles. The van der Waals surface area contributed by atoms with Gasteiger partial charge in [-0.15, -0.1) is 0 Å². The molecule has 1 aliphatic heterocycles. The van der Waals surface area contributed by atoms with Crippen LogP contribution in [0, 0.1) is 0 Å². The monoisotopic (exact) mass is 183 g/mol. The Kier molecular flexibility index (Phi) is 3.11. The van der Waals surface area contributed by atoms with E-state index >= 15 is 0 Å². The van der Waals surface area contributed by atoms with Gasteiger partial charge in [-0.25, -0.2) is 9.98 Å². The topological polar surface area (TPSA) is 52.0 Å². The fraction of sp³-hybridized carbons (Fsp3) is 0.750. The average Bonchev–Trinajstić information content (AvgIpc) is 2.15. The van der Waals surface area contributed by atoms with E-state index in [0.29, 0.717) is 0 Å². The number of rotatable bonds is 1. The minimum atomic E-state index is -0.00676. The van der Waals surface area contributed by atoms with Gasteiger partial charge in [0.15, 0.2) is 5.96 Å². The van der Waals surface area contributed by atoms with E-state index in [-0.39, 0.29) is 6.17 Å². The van der Waals surface area contributed by atoms with Crippen LogP contribution < -0.4 is 10.6 Å². The van der Waals surface area contributed by atoms with E-state index in [1.807, 2.05) is 25.9 Å². The average molecular weight is 183 g/mol. The number of guanidine groups is 2. The molecule has 0 spiro atoms. The fourth-order valence-corrected chi connectivity index (χ4v) is 1.03. The molecule has 0 radical (unpaired) electrons. The molecule has 0 aromatic carbocycles. The molecular formula is C8H17N5. The first kappa shape index (κ1) is 9.83. The molecule has 1 atom stereocenters. The van der Waals surface area contributed by atoms with Crippen LogP contribution in [0.4, 0.5) is 0 Å². The third-order valence-corrected chi connectivity index (χ3v) is 1.93. The van der Waals surface area contributed by atoms with Crippen LogP contribution in [0.2, 0.25) is 0 Å². The SMILES string of the molecule is CCN(C)C1=NC(C)N=C(NC)N1. The summed E-state index contributed by atoms with van der Waals surface area (Å²) in [7, 11) is 3.84. The van der Waals surface area contributed by atoms with Crippen molar-refractivity contribution in [3.8, 4) is 0 Å². The Labute approximate surface area is 78.9 Å². The summed E-state index contributed by atoms with van der Waals surface area (Å²) in [5, 5.41) is 6.07. The Morgan fingerprint density at radius 2 is 2.23 bits per heavy atom. The molecule has 1 heterocycles. The highest BCUT2D eigenvalue weighted by molar-refractivity contribution is 5.99. The molecule has 5 heteroatoms. The Bertz CT molecular complexity index is 233.